The van der Waals surface area contributed by atoms with Crippen LogP contribution in [0.1, 0.15) is 38.5 Å². The highest BCUT2D eigenvalue weighted by molar-refractivity contribution is 7.90. The average molecular weight is 553 g/mol. The first kappa shape index (κ1) is 26.1. The molecule has 39 heavy (non-hydrogen) atoms. The normalized spacial score (nSPS) is 24.8. The molecule has 2 unspecified atom stereocenters. The minimum Gasteiger partial charge on any atom is -0.493 e. The van der Waals surface area contributed by atoms with Gasteiger partial charge in [-0.3, -0.25) is 4.79 Å². The van der Waals surface area contributed by atoms with Gasteiger partial charge in [-0.2, -0.15) is 4.98 Å². The van der Waals surface area contributed by atoms with Crippen LogP contribution >= 0.6 is 0 Å². The summed E-state index contributed by atoms with van der Waals surface area (Å²) < 4.78 is 30.7. The third-order valence-electron chi connectivity index (χ3n) is 8.25. The molecular weight excluding hydrogens is 516 g/mol. The summed E-state index contributed by atoms with van der Waals surface area (Å²) in [5.41, 5.74) is 0.949. The topological polar surface area (TPSA) is 118 Å². The first-order valence-corrected chi connectivity index (χ1v) is 15.9. The van der Waals surface area contributed by atoms with Crippen molar-refractivity contribution >= 4 is 32.6 Å². The van der Waals surface area contributed by atoms with Crippen molar-refractivity contribution in [2.24, 2.45) is 5.92 Å². The molecule has 2 atom stereocenters. The van der Waals surface area contributed by atoms with Crippen molar-refractivity contribution in [3.8, 4) is 11.6 Å². The second kappa shape index (κ2) is 10.8. The number of anilines is 1. The number of hydrogen-bond donors (Lipinski definition) is 2. The van der Waals surface area contributed by atoms with Crippen molar-refractivity contribution in [2.75, 3.05) is 37.0 Å². The lowest BCUT2D eigenvalue weighted by atomic mass is 9.85. The van der Waals surface area contributed by atoms with E-state index < -0.39 is 9.84 Å². The molecule has 1 amide bonds. The van der Waals surface area contributed by atoms with Crippen LogP contribution in [0.25, 0.3) is 16.7 Å². The maximum atomic E-state index is 13.1. The van der Waals surface area contributed by atoms with Crippen molar-refractivity contribution in [1.29, 1.82) is 0 Å². The van der Waals surface area contributed by atoms with Gasteiger partial charge in [-0.1, -0.05) is 6.07 Å². The Morgan fingerprint density at radius 1 is 1.18 bits per heavy atom. The predicted octanol–water partition coefficient (Wildman–Crippen LogP) is 2.78. The van der Waals surface area contributed by atoms with E-state index in [1.165, 1.54) is 6.26 Å². The SMILES string of the molecule is CS(=O)(=O)CCCOc1cccc2c1ccn2-c1ccnc(N[C@H]2CC[C@H](C(=O)N3CC4CC3CN4)CC2)n1. The summed E-state index contributed by atoms with van der Waals surface area (Å²) in [5.74, 6) is 2.63. The van der Waals surface area contributed by atoms with Crippen LogP contribution < -0.4 is 15.4 Å². The quantitative estimate of drug-likeness (QED) is 0.389. The van der Waals surface area contributed by atoms with E-state index in [9.17, 15) is 13.2 Å². The molecule has 2 aliphatic heterocycles. The molecule has 208 valence electrons. The second-order valence-corrected chi connectivity index (χ2v) is 13.4. The lowest BCUT2D eigenvalue weighted by molar-refractivity contribution is -0.137. The van der Waals surface area contributed by atoms with E-state index in [4.69, 9.17) is 9.72 Å². The van der Waals surface area contributed by atoms with Gasteiger partial charge in [-0.05, 0) is 62.8 Å². The van der Waals surface area contributed by atoms with Crippen LogP contribution in [0.5, 0.6) is 5.75 Å². The molecule has 4 heterocycles. The maximum Gasteiger partial charge on any atom is 0.226 e. The Morgan fingerprint density at radius 2 is 2.03 bits per heavy atom. The number of piperazine rings is 1. The standard InChI is InChI=1S/C28H36N6O4S/c1-39(36,37)15-3-14-38-25-5-2-4-24-23(25)11-13-33(24)26-10-12-29-28(32-26)31-20-8-6-19(7-9-20)27(35)34-18-21-16-22(34)17-30-21/h2,4-5,10-13,19-22,30H,3,6-9,14-18H2,1H3,(H,29,31,32)/t19-,20-,21?,22?. The van der Waals surface area contributed by atoms with E-state index in [0.717, 1.165) is 67.7 Å². The van der Waals surface area contributed by atoms with Crippen LogP contribution in [0, 0.1) is 5.92 Å². The van der Waals surface area contributed by atoms with Crippen LogP contribution in [-0.4, -0.2) is 83.6 Å². The Kier molecular flexibility index (Phi) is 7.20. The Balaban J connectivity index is 1.08. The van der Waals surface area contributed by atoms with Gasteiger partial charge < -0.3 is 24.8 Å². The van der Waals surface area contributed by atoms with Crippen LogP contribution in [-0.2, 0) is 14.6 Å². The molecule has 1 saturated carbocycles. The van der Waals surface area contributed by atoms with Gasteiger partial charge in [-0.25, -0.2) is 13.4 Å². The first-order valence-electron chi connectivity index (χ1n) is 13.9. The minimum atomic E-state index is -3.00. The molecule has 6 rings (SSSR count). The fourth-order valence-electron chi connectivity index (χ4n) is 6.25. The molecule has 0 radical (unpaired) electrons. The number of nitrogens with one attached hydrogen (secondary N) is 2. The van der Waals surface area contributed by atoms with E-state index in [-0.39, 0.29) is 17.7 Å². The number of fused-ring (bicyclic) bond motifs is 3. The molecule has 3 aromatic rings. The van der Waals surface area contributed by atoms with Crippen molar-refractivity contribution < 1.29 is 17.9 Å². The number of carbonyl (C=O) groups excluding carboxylic acids is 1. The number of ether oxygens (including phenoxy) is 1. The van der Waals surface area contributed by atoms with Crippen molar-refractivity contribution in [3.63, 3.8) is 0 Å². The third kappa shape index (κ3) is 5.74. The molecule has 0 spiro atoms. The zero-order valence-corrected chi connectivity index (χ0v) is 23.1. The smallest absolute Gasteiger partial charge is 0.226 e. The van der Waals surface area contributed by atoms with Crippen LogP contribution in [0.3, 0.4) is 0 Å². The highest BCUT2D eigenvalue weighted by Crippen LogP contribution is 2.32. The van der Waals surface area contributed by atoms with Gasteiger partial charge in [0, 0.05) is 61.2 Å². The molecule has 2 saturated heterocycles. The fourth-order valence-corrected chi connectivity index (χ4v) is 6.90. The summed E-state index contributed by atoms with van der Waals surface area (Å²) in [7, 11) is -3.00. The number of hydrogen-bond acceptors (Lipinski definition) is 8. The van der Waals surface area contributed by atoms with Gasteiger partial charge in [0.25, 0.3) is 0 Å². The number of carbonyl (C=O) groups is 1. The van der Waals surface area contributed by atoms with E-state index in [1.54, 1.807) is 6.20 Å². The number of benzene rings is 1. The number of likely N-dealkylation sites (tertiary alicyclic amines) is 1. The van der Waals surface area contributed by atoms with Crippen LogP contribution in [0.15, 0.2) is 42.7 Å². The fraction of sp³-hybridized carbons (Fsp3) is 0.536. The minimum absolute atomic E-state index is 0.107. The van der Waals surface area contributed by atoms with Crippen LogP contribution in [0.4, 0.5) is 5.95 Å². The molecule has 10 nitrogen and oxygen atoms in total. The summed E-state index contributed by atoms with van der Waals surface area (Å²) in [6, 6.07) is 10.8. The Labute approximate surface area is 229 Å². The van der Waals surface area contributed by atoms with Gasteiger partial charge in [0.1, 0.15) is 21.4 Å². The lowest BCUT2D eigenvalue weighted by Crippen LogP contribution is -2.49. The molecule has 3 aliphatic rings. The number of nitrogens with zero attached hydrogens (tertiary/aromatic N) is 4. The summed E-state index contributed by atoms with van der Waals surface area (Å²) in [5, 5.41) is 7.92. The van der Waals surface area contributed by atoms with E-state index >= 15 is 0 Å². The Morgan fingerprint density at radius 3 is 2.77 bits per heavy atom. The van der Waals surface area contributed by atoms with Gasteiger partial charge >= 0.3 is 0 Å². The summed E-state index contributed by atoms with van der Waals surface area (Å²) in [6.45, 7) is 2.15. The molecule has 1 aliphatic carbocycles. The molecule has 3 fully saturated rings. The average Bonchev–Trinajstić information content (AvgIpc) is 3.67. The van der Waals surface area contributed by atoms with E-state index in [1.807, 2.05) is 41.1 Å². The van der Waals surface area contributed by atoms with E-state index in [2.05, 4.69) is 20.5 Å². The predicted molar refractivity (Wildman–Crippen MR) is 150 cm³/mol. The monoisotopic (exact) mass is 552 g/mol. The van der Waals surface area contributed by atoms with E-state index in [0.29, 0.717) is 37.0 Å². The van der Waals surface area contributed by atoms with Gasteiger partial charge in [0.2, 0.25) is 11.9 Å². The van der Waals surface area contributed by atoms with Crippen LogP contribution in [0.2, 0.25) is 0 Å². The summed E-state index contributed by atoms with van der Waals surface area (Å²) >= 11 is 0. The third-order valence-corrected chi connectivity index (χ3v) is 9.28. The van der Waals surface area contributed by atoms with Crippen molar-refractivity contribution in [2.45, 2.75) is 56.7 Å². The summed E-state index contributed by atoms with van der Waals surface area (Å²) in [6.07, 6.45) is 10.1. The highest BCUT2D eigenvalue weighted by atomic mass is 32.2. The van der Waals surface area contributed by atoms with Gasteiger partial charge in [0.05, 0.1) is 17.9 Å². The zero-order chi connectivity index (χ0) is 27.0. The molecule has 2 N–H and O–H groups in total. The molecular formula is C28H36N6O4S. The van der Waals surface area contributed by atoms with Crippen molar-refractivity contribution in [3.05, 3.63) is 42.7 Å². The number of sulfone groups is 1. The molecule has 11 heteroatoms. The Bertz CT molecular complexity index is 1450. The maximum absolute atomic E-state index is 13.1. The molecule has 2 aromatic heterocycles. The summed E-state index contributed by atoms with van der Waals surface area (Å²) in [4.78, 5) is 24.5. The first-order chi connectivity index (χ1) is 18.8. The lowest BCUT2D eigenvalue weighted by Gasteiger charge is -2.34. The highest BCUT2D eigenvalue weighted by Gasteiger charge is 2.42. The number of aromatic nitrogens is 3. The largest absolute Gasteiger partial charge is 0.493 e. The molecule has 1 aromatic carbocycles. The van der Waals surface area contributed by atoms with Gasteiger partial charge in [-0.15, -0.1) is 0 Å². The number of rotatable bonds is 9. The van der Waals surface area contributed by atoms with Crippen molar-refractivity contribution in [1.82, 2.24) is 24.8 Å². The Hall–Kier alpha value is -3.18. The van der Waals surface area contributed by atoms with Gasteiger partial charge in [0.15, 0.2) is 0 Å². The second-order valence-electron chi connectivity index (χ2n) is 11.1. The molecule has 2 bridgehead atoms. The zero-order valence-electron chi connectivity index (χ0n) is 22.3. The number of amides is 1.